The first-order valence-electron chi connectivity index (χ1n) is 30.7. The largest absolute Gasteiger partial charge is 0.445 e. The molecule has 516 valence electrons. The predicted molar refractivity (Wildman–Crippen MR) is 329 cm³/mol. The summed E-state index contributed by atoms with van der Waals surface area (Å²) in [4.78, 5) is 57.8. The van der Waals surface area contributed by atoms with Gasteiger partial charge in [0.05, 0.1) is 84.0 Å². The molecule has 1 N–H and O–H groups in total. The number of benzene rings is 6. The van der Waals surface area contributed by atoms with Crippen molar-refractivity contribution in [2.75, 3.05) is 38.7 Å². The van der Waals surface area contributed by atoms with E-state index in [1.54, 1.807) is 121 Å². The number of halogens is 13. The standard InChI is InChI=1S/C35H34ClF6N3O4.C35H33F6N3O4/c1-24(26-17-28(34(37,38)39)19-29(18-26)35(40,41)42)49-23-33(27-11-6-3-7-12-27)15-14-32(21-43,44-30(46)13-8-16-36)22-45(33)31(47)48-20-25-9-4-2-5-10-25;1-24(26-17-28(34(36,37)38)19-29(18-26)35(39,40)41)48-23-33(27-11-6-3-7-12-27)15-14-32(21-42,43-16-8-13-30(43)45)22-44(33)31(46)47-20-25-9-4-2-5-10-25/h2-7,9-12,17-19,24H,8,13-16,20,22-23H2,1H3,(H,44,46);2-7,9-12,17-19,24H,8,13-16,20,22-23H2,1H3/t2*24-,32-,33-/m11/s1. The third kappa shape index (κ3) is 17.8. The molecule has 4 amide bonds. The Morgan fingerprint density at radius 2 is 0.948 bits per heavy atom. The van der Waals surface area contributed by atoms with Gasteiger partial charge in [0.2, 0.25) is 11.8 Å². The fourth-order valence-corrected chi connectivity index (χ4v) is 12.3. The molecule has 3 fully saturated rings. The van der Waals surface area contributed by atoms with E-state index in [1.807, 2.05) is 0 Å². The summed E-state index contributed by atoms with van der Waals surface area (Å²) in [6.07, 6.45) is -23.1. The Hall–Kier alpha value is -8.85. The minimum Gasteiger partial charge on any atom is -0.445 e. The number of hydrogen-bond donors (Lipinski definition) is 1. The highest BCUT2D eigenvalue weighted by molar-refractivity contribution is 6.17. The molecular weight excluding hydrogens is 1320 g/mol. The molecular formula is C70H67ClF12N6O8. The van der Waals surface area contributed by atoms with E-state index in [2.05, 4.69) is 17.5 Å². The molecule has 0 radical (unpaired) electrons. The second-order valence-electron chi connectivity index (χ2n) is 24.0. The van der Waals surface area contributed by atoms with E-state index in [0.29, 0.717) is 65.9 Å². The second kappa shape index (κ2) is 30.7. The lowest BCUT2D eigenvalue weighted by Gasteiger charge is -2.53. The molecule has 27 heteroatoms. The Morgan fingerprint density at radius 1 is 0.557 bits per heavy atom. The summed E-state index contributed by atoms with van der Waals surface area (Å²) >= 11 is 5.74. The van der Waals surface area contributed by atoms with Crippen molar-refractivity contribution in [2.45, 2.75) is 137 Å². The van der Waals surface area contributed by atoms with Crippen LogP contribution in [0.2, 0.25) is 0 Å². The number of likely N-dealkylation sites (tertiary alicyclic amines) is 3. The number of ether oxygens (including phenoxy) is 4. The number of carbonyl (C=O) groups is 4. The first kappa shape index (κ1) is 74.0. The van der Waals surface area contributed by atoms with Crippen LogP contribution in [-0.2, 0) is 77.5 Å². The summed E-state index contributed by atoms with van der Waals surface area (Å²) < 4.78 is 187. The van der Waals surface area contributed by atoms with Crippen molar-refractivity contribution < 1.29 is 90.8 Å². The maximum Gasteiger partial charge on any atom is 0.416 e. The van der Waals surface area contributed by atoms with E-state index >= 15 is 0 Å². The molecule has 0 aliphatic carbocycles. The molecule has 3 saturated heterocycles. The highest BCUT2D eigenvalue weighted by atomic mass is 35.5. The van der Waals surface area contributed by atoms with Gasteiger partial charge in [0.25, 0.3) is 0 Å². The van der Waals surface area contributed by atoms with Crippen LogP contribution in [0.25, 0.3) is 0 Å². The molecule has 97 heavy (non-hydrogen) atoms. The monoisotopic (exact) mass is 1380 g/mol. The zero-order chi connectivity index (χ0) is 70.6. The van der Waals surface area contributed by atoms with Crippen LogP contribution < -0.4 is 5.32 Å². The van der Waals surface area contributed by atoms with Gasteiger partial charge in [-0.1, -0.05) is 121 Å². The normalized spacial score (nSPS) is 21.3. The van der Waals surface area contributed by atoms with Crippen LogP contribution in [0.15, 0.2) is 158 Å². The van der Waals surface area contributed by atoms with Crippen LogP contribution in [0.5, 0.6) is 0 Å². The van der Waals surface area contributed by atoms with Crippen LogP contribution in [0.3, 0.4) is 0 Å². The number of rotatable bonds is 19. The van der Waals surface area contributed by atoms with Crippen molar-refractivity contribution in [1.82, 2.24) is 20.0 Å². The molecule has 3 aliphatic heterocycles. The van der Waals surface area contributed by atoms with Crippen LogP contribution in [0.1, 0.15) is 133 Å². The smallest absolute Gasteiger partial charge is 0.416 e. The van der Waals surface area contributed by atoms with Gasteiger partial charge in [-0.3, -0.25) is 19.4 Å². The highest BCUT2D eigenvalue weighted by Crippen LogP contribution is 2.48. The van der Waals surface area contributed by atoms with Crippen molar-refractivity contribution in [1.29, 1.82) is 10.5 Å². The van der Waals surface area contributed by atoms with E-state index < -0.39 is 106 Å². The quantitative estimate of drug-likeness (QED) is 0.0607. The summed E-state index contributed by atoms with van der Waals surface area (Å²) in [6.45, 7) is 1.29. The van der Waals surface area contributed by atoms with Crippen LogP contribution in [-0.4, -0.2) is 88.5 Å². The van der Waals surface area contributed by atoms with Gasteiger partial charge in [-0.2, -0.15) is 63.2 Å². The number of alkyl halides is 13. The van der Waals surface area contributed by atoms with Gasteiger partial charge >= 0.3 is 36.9 Å². The Bertz CT molecular complexity index is 3720. The number of nitrogens with zero attached hydrogens (tertiary/aromatic N) is 5. The number of piperidine rings is 2. The minimum absolute atomic E-state index is 0.00388. The molecule has 0 unspecified atom stereocenters. The first-order valence-corrected chi connectivity index (χ1v) is 31.2. The first-order chi connectivity index (χ1) is 45.8. The number of nitriles is 2. The van der Waals surface area contributed by atoms with Crippen molar-refractivity contribution in [3.8, 4) is 12.1 Å². The zero-order valence-electron chi connectivity index (χ0n) is 52.4. The summed E-state index contributed by atoms with van der Waals surface area (Å²) in [6, 6.07) is 41.6. The molecule has 14 nitrogen and oxygen atoms in total. The molecule has 0 aromatic heterocycles. The highest BCUT2D eigenvalue weighted by Gasteiger charge is 2.57. The number of carbonyl (C=O) groups excluding carboxylic acids is 4. The van der Waals surface area contributed by atoms with Crippen molar-refractivity contribution in [3.63, 3.8) is 0 Å². The molecule has 6 atom stereocenters. The number of hydrogen-bond acceptors (Lipinski definition) is 10. The Morgan fingerprint density at radius 3 is 1.31 bits per heavy atom. The predicted octanol–water partition coefficient (Wildman–Crippen LogP) is 16.5. The molecule has 3 heterocycles. The van der Waals surface area contributed by atoms with Gasteiger partial charge in [-0.15, -0.1) is 11.6 Å². The lowest BCUT2D eigenvalue weighted by atomic mass is 9.74. The van der Waals surface area contributed by atoms with E-state index in [0.717, 1.165) is 0 Å². The summed E-state index contributed by atoms with van der Waals surface area (Å²) in [7, 11) is 0. The fourth-order valence-electron chi connectivity index (χ4n) is 12.1. The Labute approximate surface area is 556 Å². The summed E-state index contributed by atoms with van der Waals surface area (Å²) in [5.74, 6) is -0.466. The fraction of sp³-hybridized carbons (Fsp3) is 0.400. The van der Waals surface area contributed by atoms with Gasteiger partial charge in [0.15, 0.2) is 0 Å². The van der Waals surface area contributed by atoms with E-state index in [1.165, 1.54) is 28.5 Å². The van der Waals surface area contributed by atoms with Gasteiger partial charge < -0.3 is 29.2 Å². The molecule has 0 bridgehead atoms. The lowest BCUT2D eigenvalue weighted by Crippen LogP contribution is -2.66. The average molecular weight is 1380 g/mol. The maximum absolute atomic E-state index is 14.1. The average Bonchev–Trinajstić information content (AvgIpc) is 1.25. The van der Waals surface area contributed by atoms with Crippen LogP contribution >= 0.6 is 11.6 Å². The molecule has 3 aliphatic rings. The van der Waals surface area contributed by atoms with Gasteiger partial charge in [0.1, 0.15) is 24.3 Å². The van der Waals surface area contributed by atoms with Crippen LogP contribution in [0, 0.1) is 22.7 Å². The van der Waals surface area contributed by atoms with Gasteiger partial charge in [0, 0.05) is 25.3 Å². The Kier molecular flexibility index (Phi) is 23.4. The molecule has 0 spiro atoms. The van der Waals surface area contributed by atoms with Crippen molar-refractivity contribution in [3.05, 3.63) is 213 Å². The van der Waals surface area contributed by atoms with Gasteiger partial charge in [-0.25, -0.2) is 9.59 Å². The Balaban J connectivity index is 0.000000248. The second-order valence-corrected chi connectivity index (χ2v) is 24.3. The SMILES string of the molecule is C[C@@H](OC[C@@]1(c2ccccc2)CC[C@](C#N)(N2CCCC2=O)CN1C(=O)OCc1ccccc1)c1cc(C(F)(F)F)cc(C(F)(F)F)c1.C[C@@H](OC[C@@]1(c2ccccc2)CC[C@](C#N)(NC(=O)CCCCl)CN1C(=O)OCc1ccccc1)c1cc(C(F)(F)F)cc(C(F)(F)F)c1. The topological polar surface area (TPSA) is 175 Å². The summed E-state index contributed by atoms with van der Waals surface area (Å²) in [5, 5.41) is 23.5. The lowest BCUT2D eigenvalue weighted by molar-refractivity contribution is -0.145. The summed E-state index contributed by atoms with van der Waals surface area (Å²) in [5.41, 5.74) is -9.99. The van der Waals surface area contributed by atoms with Crippen molar-refractivity contribution in [2.24, 2.45) is 0 Å². The van der Waals surface area contributed by atoms with Crippen molar-refractivity contribution >= 4 is 35.6 Å². The van der Waals surface area contributed by atoms with E-state index in [4.69, 9.17) is 30.5 Å². The molecule has 9 rings (SSSR count). The zero-order valence-corrected chi connectivity index (χ0v) is 53.2. The molecule has 0 saturated carbocycles. The van der Waals surface area contributed by atoms with Gasteiger partial charge in [-0.05, 0) is 122 Å². The third-order valence-corrected chi connectivity index (χ3v) is 17.8. The van der Waals surface area contributed by atoms with E-state index in [-0.39, 0.29) is 106 Å². The minimum atomic E-state index is -5.06. The number of nitrogens with one attached hydrogen (secondary N) is 1. The molecule has 6 aromatic rings. The third-order valence-electron chi connectivity index (χ3n) is 17.5. The molecule has 6 aromatic carbocycles. The number of amides is 4. The van der Waals surface area contributed by atoms with E-state index in [9.17, 15) is 82.4 Å². The maximum atomic E-state index is 14.1. The van der Waals surface area contributed by atoms with Crippen LogP contribution in [0.4, 0.5) is 62.3 Å².